The molecule has 2 aliphatic heterocycles. The van der Waals surface area contributed by atoms with E-state index in [0.717, 1.165) is 13.1 Å². The Hall–Kier alpha value is -1.88. The molecule has 0 saturated carbocycles. The first kappa shape index (κ1) is 21.4. The van der Waals surface area contributed by atoms with Crippen molar-refractivity contribution in [2.45, 2.75) is 50.9 Å². The number of piperidine rings is 2. The molecular weight excluding hydrogens is 368 g/mol. The van der Waals surface area contributed by atoms with Crippen LogP contribution < -0.4 is 10.2 Å². The van der Waals surface area contributed by atoms with E-state index < -0.39 is 0 Å². The molecule has 0 radical (unpaired) electrons. The molecule has 2 aromatic rings. The van der Waals surface area contributed by atoms with Crippen molar-refractivity contribution in [3.63, 3.8) is 0 Å². The molecule has 4 rings (SSSR count). The second-order valence-electron chi connectivity index (χ2n) is 9.23. The summed E-state index contributed by atoms with van der Waals surface area (Å²) < 4.78 is 0. The normalized spacial score (nSPS) is 19.8. The summed E-state index contributed by atoms with van der Waals surface area (Å²) in [5.74, 6) is 0. The van der Waals surface area contributed by atoms with Crippen molar-refractivity contribution in [3.8, 4) is 0 Å². The maximum atomic E-state index is 3.79. The predicted octanol–water partition coefficient (Wildman–Crippen LogP) is 3.97. The fourth-order valence-corrected chi connectivity index (χ4v) is 4.84. The minimum absolute atomic E-state index is 0.638. The molecule has 0 bridgehead atoms. The summed E-state index contributed by atoms with van der Waals surface area (Å²) in [5.41, 5.74) is 4.17. The third-order valence-corrected chi connectivity index (χ3v) is 7.01. The summed E-state index contributed by atoms with van der Waals surface area (Å²) in [5, 5.41) is 3.79. The highest BCUT2D eigenvalue weighted by atomic mass is 15.2. The summed E-state index contributed by atoms with van der Waals surface area (Å²) in [6.07, 6.45) is 5.01. The molecule has 0 aliphatic carbocycles. The molecule has 0 aromatic heterocycles. The van der Waals surface area contributed by atoms with E-state index in [1.54, 1.807) is 0 Å². The molecule has 30 heavy (non-hydrogen) atoms. The van der Waals surface area contributed by atoms with Gasteiger partial charge in [-0.1, -0.05) is 42.5 Å². The summed E-state index contributed by atoms with van der Waals surface area (Å²) in [6, 6.07) is 21.4. The maximum absolute atomic E-state index is 3.79. The molecule has 0 amide bonds. The van der Waals surface area contributed by atoms with Gasteiger partial charge in [-0.3, -0.25) is 4.90 Å². The molecule has 4 nitrogen and oxygen atoms in total. The first-order valence-corrected chi connectivity index (χ1v) is 11.7. The monoisotopic (exact) mass is 406 g/mol. The van der Waals surface area contributed by atoms with Gasteiger partial charge in [-0.25, -0.2) is 0 Å². The number of nitrogens with one attached hydrogen (secondary N) is 1. The average molecular weight is 407 g/mol. The van der Waals surface area contributed by atoms with Gasteiger partial charge in [0.05, 0.1) is 0 Å². The highest BCUT2D eigenvalue weighted by molar-refractivity contribution is 5.48. The van der Waals surface area contributed by atoms with E-state index >= 15 is 0 Å². The largest absolute Gasteiger partial charge is 0.372 e. The summed E-state index contributed by atoms with van der Waals surface area (Å²) in [6.45, 7) is 6.85. The van der Waals surface area contributed by atoms with Crippen LogP contribution in [0.2, 0.25) is 0 Å². The minimum atomic E-state index is 0.638. The maximum Gasteiger partial charge on any atom is 0.0366 e. The van der Waals surface area contributed by atoms with Crippen molar-refractivity contribution in [2.75, 3.05) is 45.2 Å². The minimum Gasteiger partial charge on any atom is -0.372 e. The van der Waals surface area contributed by atoms with E-state index in [2.05, 4.69) is 88.7 Å². The average Bonchev–Trinajstić information content (AvgIpc) is 2.80. The molecule has 2 heterocycles. The Morgan fingerprint density at radius 2 is 1.50 bits per heavy atom. The quantitative estimate of drug-likeness (QED) is 0.751. The van der Waals surface area contributed by atoms with Crippen molar-refractivity contribution in [1.29, 1.82) is 0 Å². The lowest BCUT2D eigenvalue weighted by Crippen LogP contribution is -2.42. The Morgan fingerprint density at radius 3 is 2.17 bits per heavy atom. The topological polar surface area (TPSA) is 21.8 Å². The highest BCUT2D eigenvalue weighted by Gasteiger charge is 2.21. The Morgan fingerprint density at radius 1 is 0.833 bits per heavy atom. The number of rotatable bonds is 7. The molecule has 0 spiro atoms. The molecule has 0 atom stereocenters. The van der Waals surface area contributed by atoms with Crippen LogP contribution >= 0.6 is 0 Å². The van der Waals surface area contributed by atoms with Crippen LogP contribution in [0.15, 0.2) is 54.6 Å². The lowest BCUT2D eigenvalue weighted by molar-refractivity contribution is 0.190. The highest BCUT2D eigenvalue weighted by Crippen LogP contribution is 2.22. The number of benzene rings is 2. The zero-order valence-corrected chi connectivity index (χ0v) is 18.8. The van der Waals surface area contributed by atoms with E-state index in [1.807, 2.05) is 0 Å². The Kier molecular flexibility index (Phi) is 7.42. The van der Waals surface area contributed by atoms with Crippen molar-refractivity contribution < 1.29 is 0 Å². The molecule has 2 fully saturated rings. The van der Waals surface area contributed by atoms with Crippen molar-refractivity contribution in [2.24, 2.45) is 0 Å². The van der Waals surface area contributed by atoms with E-state index in [1.165, 1.54) is 68.7 Å². The van der Waals surface area contributed by atoms with Gasteiger partial charge in [0, 0.05) is 37.9 Å². The van der Waals surface area contributed by atoms with Crippen molar-refractivity contribution in [3.05, 3.63) is 65.7 Å². The Labute approximate surface area is 182 Å². The van der Waals surface area contributed by atoms with Gasteiger partial charge < -0.3 is 15.1 Å². The van der Waals surface area contributed by atoms with Gasteiger partial charge in [0.25, 0.3) is 0 Å². The molecule has 2 saturated heterocycles. The van der Waals surface area contributed by atoms with Gasteiger partial charge in [-0.05, 0) is 82.2 Å². The SMILES string of the molecule is CN1CCC(N(C)c2ccc(CNC3CCN(Cc4ccccc4)CC3)cc2)CC1. The van der Waals surface area contributed by atoms with Gasteiger partial charge >= 0.3 is 0 Å². The van der Waals surface area contributed by atoms with Gasteiger partial charge in [-0.15, -0.1) is 0 Å². The lowest BCUT2D eigenvalue weighted by atomic mass is 10.0. The zero-order chi connectivity index (χ0) is 20.8. The van der Waals surface area contributed by atoms with Gasteiger partial charge in [0.2, 0.25) is 0 Å². The molecule has 162 valence electrons. The van der Waals surface area contributed by atoms with Crippen LogP contribution in [0.3, 0.4) is 0 Å². The molecule has 1 N–H and O–H groups in total. The van der Waals surface area contributed by atoms with E-state index in [9.17, 15) is 0 Å². The fourth-order valence-electron chi connectivity index (χ4n) is 4.84. The number of hydrogen-bond donors (Lipinski definition) is 1. The summed E-state index contributed by atoms with van der Waals surface area (Å²) in [4.78, 5) is 7.50. The summed E-state index contributed by atoms with van der Waals surface area (Å²) in [7, 11) is 4.48. The number of hydrogen-bond acceptors (Lipinski definition) is 4. The van der Waals surface area contributed by atoms with Crippen LogP contribution in [0.25, 0.3) is 0 Å². The van der Waals surface area contributed by atoms with Crippen molar-refractivity contribution in [1.82, 2.24) is 15.1 Å². The number of likely N-dealkylation sites (tertiary alicyclic amines) is 2. The zero-order valence-electron chi connectivity index (χ0n) is 18.8. The van der Waals surface area contributed by atoms with Crippen LogP contribution in [-0.4, -0.2) is 62.2 Å². The lowest BCUT2D eigenvalue weighted by Gasteiger charge is -2.36. The van der Waals surface area contributed by atoms with E-state index in [4.69, 9.17) is 0 Å². The third-order valence-electron chi connectivity index (χ3n) is 7.01. The van der Waals surface area contributed by atoms with Crippen LogP contribution in [0.5, 0.6) is 0 Å². The second kappa shape index (κ2) is 10.4. The van der Waals surface area contributed by atoms with Gasteiger partial charge in [0.1, 0.15) is 0 Å². The first-order valence-electron chi connectivity index (χ1n) is 11.7. The number of anilines is 1. The standard InChI is InChI=1S/C26H38N4/c1-28-16-14-26(15-17-28)29(2)25-10-8-22(9-11-25)20-27-24-12-18-30(19-13-24)21-23-6-4-3-5-7-23/h3-11,24,26-27H,12-21H2,1-2H3. The second-order valence-corrected chi connectivity index (χ2v) is 9.23. The molecule has 2 aliphatic rings. The van der Waals surface area contributed by atoms with Crippen LogP contribution in [0.1, 0.15) is 36.8 Å². The van der Waals surface area contributed by atoms with Gasteiger partial charge in [-0.2, -0.15) is 0 Å². The molecule has 0 unspecified atom stereocenters. The first-order chi connectivity index (χ1) is 14.7. The Bertz CT molecular complexity index is 744. The third kappa shape index (κ3) is 5.84. The molecule has 2 aromatic carbocycles. The summed E-state index contributed by atoms with van der Waals surface area (Å²) >= 11 is 0. The van der Waals surface area contributed by atoms with Crippen molar-refractivity contribution >= 4 is 5.69 Å². The molecule has 4 heteroatoms. The van der Waals surface area contributed by atoms with E-state index in [0.29, 0.717) is 12.1 Å². The predicted molar refractivity (Wildman–Crippen MR) is 127 cm³/mol. The van der Waals surface area contributed by atoms with Crippen LogP contribution in [0.4, 0.5) is 5.69 Å². The number of nitrogens with zero attached hydrogens (tertiary/aromatic N) is 3. The van der Waals surface area contributed by atoms with E-state index in [-0.39, 0.29) is 0 Å². The Balaban J connectivity index is 1.19. The van der Waals surface area contributed by atoms with Crippen LogP contribution in [0, 0.1) is 0 Å². The van der Waals surface area contributed by atoms with Crippen LogP contribution in [-0.2, 0) is 13.1 Å². The van der Waals surface area contributed by atoms with Gasteiger partial charge in [0.15, 0.2) is 0 Å². The smallest absolute Gasteiger partial charge is 0.0366 e. The molecular formula is C26H38N4. The fraction of sp³-hybridized carbons (Fsp3) is 0.538.